The molecular weight excluding hydrogens is 485 g/mol. The van der Waals surface area contributed by atoms with E-state index in [0.29, 0.717) is 13.2 Å². The second-order valence-corrected chi connectivity index (χ2v) is 7.81. The van der Waals surface area contributed by atoms with Gasteiger partial charge in [0, 0.05) is 47.4 Å². The van der Waals surface area contributed by atoms with Crippen LogP contribution in [0.2, 0.25) is 5.02 Å². The van der Waals surface area contributed by atoms with E-state index in [1.165, 1.54) is 4.90 Å². The van der Waals surface area contributed by atoms with Crippen molar-refractivity contribution < 1.29 is 9.84 Å². The van der Waals surface area contributed by atoms with Gasteiger partial charge in [-0.05, 0) is 44.0 Å². The highest BCUT2D eigenvalue weighted by molar-refractivity contribution is 14.0. The molecule has 1 aromatic carbocycles. The number of hydrogen-bond acceptors (Lipinski definition) is 4. The van der Waals surface area contributed by atoms with Crippen LogP contribution in [0.25, 0.3) is 0 Å². The maximum absolute atomic E-state index is 9.31. The molecule has 0 spiro atoms. The molecule has 26 heavy (non-hydrogen) atoms. The molecule has 1 saturated heterocycles. The Morgan fingerprint density at radius 2 is 2.12 bits per heavy atom. The summed E-state index contributed by atoms with van der Waals surface area (Å²) in [6.07, 6.45) is 1.70. The van der Waals surface area contributed by atoms with Gasteiger partial charge in [0.1, 0.15) is 0 Å². The summed E-state index contributed by atoms with van der Waals surface area (Å²) in [6, 6.07) is 7.89. The number of thioether (sulfide) groups is 1. The lowest BCUT2D eigenvalue weighted by Crippen LogP contribution is -2.39. The largest absolute Gasteiger partial charge is 0.396 e. The molecule has 1 heterocycles. The molecule has 1 aromatic rings. The Bertz CT molecular complexity index is 540. The van der Waals surface area contributed by atoms with Crippen molar-refractivity contribution >= 4 is 53.3 Å². The van der Waals surface area contributed by atoms with E-state index >= 15 is 0 Å². The van der Waals surface area contributed by atoms with Gasteiger partial charge in [0.05, 0.1) is 13.2 Å². The van der Waals surface area contributed by atoms with E-state index in [1.807, 2.05) is 24.3 Å². The topological polar surface area (TPSA) is 65.9 Å². The normalized spacial score (nSPS) is 19.9. The summed E-state index contributed by atoms with van der Waals surface area (Å²) >= 11 is 7.68. The average molecular weight is 514 g/mol. The summed E-state index contributed by atoms with van der Waals surface area (Å²) in [4.78, 5) is 5.93. The Morgan fingerprint density at radius 3 is 2.73 bits per heavy atom. The van der Waals surface area contributed by atoms with Crippen molar-refractivity contribution in [1.29, 1.82) is 0 Å². The molecule has 1 aliphatic rings. The van der Waals surface area contributed by atoms with Gasteiger partial charge < -0.3 is 20.5 Å². The zero-order chi connectivity index (χ0) is 18.0. The first-order valence-electron chi connectivity index (χ1n) is 8.76. The molecular formula is C18H29ClIN3O2S. The van der Waals surface area contributed by atoms with Gasteiger partial charge in [-0.2, -0.15) is 0 Å². The minimum absolute atomic E-state index is 0. The maximum Gasteiger partial charge on any atom is 0.191 e. The van der Waals surface area contributed by atoms with Crippen LogP contribution in [0.5, 0.6) is 0 Å². The zero-order valence-electron chi connectivity index (χ0n) is 15.2. The van der Waals surface area contributed by atoms with Crippen molar-refractivity contribution in [2.24, 2.45) is 10.4 Å². The summed E-state index contributed by atoms with van der Waals surface area (Å²) in [5.74, 6) is 1.76. The van der Waals surface area contributed by atoms with E-state index in [-0.39, 0.29) is 36.0 Å². The molecule has 2 rings (SSSR count). The number of benzene rings is 1. The summed E-state index contributed by atoms with van der Waals surface area (Å²) in [6.45, 7) is 6.00. The lowest BCUT2D eigenvalue weighted by molar-refractivity contribution is 0.131. The number of guanidine groups is 1. The number of rotatable bonds is 9. The van der Waals surface area contributed by atoms with Crippen LogP contribution in [0.15, 0.2) is 34.2 Å². The van der Waals surface area contributed by atoms with Crippen LogP contribution >= 0.6 is 47.3 Å². The summed E-state index contributed by atoms with van der Waals surface area (Å²) < 4.78 is 5.53. The number of aliphatic imine (C=N–C) groups is 1. The number of aliphatic hydroxyl groups is 1. The lowest BCUT2D eigenvalue weighted by Gasteiger charge is -2.24. The van der Waals surface area contributed by atoms with Gasteiger partial charge in [-0.3, -0.25) is 4.99 Å². The van der Waals surface area contributed by atoms with Crippen LogP contribution in [0.1, 0.15) is 19.8 Å². The fourth-order valence-corrected chi connectivity index (χ4v) is 3.64. The van der Waals surface area contributed by atoms with Gasteiger partial charge in [-0.15, -0.1) is 35.7 Å². The standard InChI is InChI=1S/C18H28ClN3O2S.HI/c1-2-20-17(22-13-18(7-10-23)8-11-24-14-18)21-9-12-25-16-5-3-15(19)4-6-16;/h3-6,23H,2,7-14H2,1H3,(H2,20,21,22);1H. The van der Waals surface area contributed by atoms with Crippen LogP contribution in [-0.2, 0) is 4.74 Å². The van der Waals surface area contributed by atoms with E-state index in [0.717, 1.165) is 49.3 Å². The smallest absolute Gasteiger partial charge is 0.191 e. The first-order valence-corrected chi connectivity index (χ1v) is 10.1. The summed E-state index contributed by atoms with van der Waals surface area (Å²) in [5.41, 5.74) is -0.0187. The van der Waals surface area contributed by atoms with Crippen molar-refractivity contribution in [3.63, 3.8) is 0 Å². The molecule has 8 heteroatoms. The van der Waals surface area contributed by atoms with Crippen molar-refractivity contribution in [2.45, 2.75) is 24.7 Å². The number of nitrogens with one attached hydrogen (secondary N) is 2. The fraction of sp³-hybridized carbons (Fsp3) is 0.611. The van der Waals surface area contributed by atoms with Gasteiger partial charge in [0.25, 0.3) is 0 Å². The van der Waals surface area contributed by atoms with Crippen LogP contribution in [0, 0.1) is 5.41 Å². The highest BCUT2D eigenvalue weighted by Gasteiger charge is 2.34. The van der Waals surface area contributed by atoms with E-state index < -0.39 is 0 Å². The lowest BCUT2D eigenvalue weighted by atomic mass is 9.84. The monoisotopic (exact) mass is 513 g/mol. The van der Waals surface area contributed by atoms with Crippen LogP contribution in [0.3, 0.4) is 0 Å². The molecule has 3 N–H and O–H groups in total. The number of ether oxygens (including phenoxy) is 1. The molecule has 1 aliphatic heterocycles. The molecule has 0 radical (unpaired) electrons. The zero-order valence-corrected chi connectivity index (χ0v) is 19.1. The Morgan fingerprint density at radius 1 is 1.35 bits per heavy atom. The number of aliphatic hydroxyl groups excluding tert-OH is 1. The summed E-state index contributed by atoms with van der Waals surface area (Å²) in [7, 11) is 0. The van der Waals surface area contributed by atoms with Crippen molar-refractivity contribution in [2.75, 3.05) is 45.2 Å². The number of nitrogens with zero attached hydrogens (tertiary/aromatic N) is 1. The fourth-order valence-electron chi connectivity index (χ4n) is 2.75. The van der Waals surface area contributed by atoms with Crippen LogP contribution in [0.4, 0.5) is 0 Å². The predicted molar refractivity (Wildman–Crippen MR) is 121 cm³/mol. The summed E-state index contributed by atoms with van der Waals surface area (Å²) in [5, 5.41) is 16.7. The number of halogens is 2. The Balaban J connectivity index is 0.00000338. The van der Waals surface area contributed by atoms with E-state index in [2.05, 4.69) is 17.6 Å². The van der Waals surface area contributed by atoms with Gasteiger partial charge in [0.2, 0.25) is 0 Å². The van der Waals surface area contributed by atoms with Gasteiger partial charge in [-0.25, -0.2) is 0 Å². The van der Waals surface area contributed by atoms with E-state index in [1.54, 1.807) is 11.8 Å². The predicted octanol–water partition coefficient (Wildman–Crippen LogP) is 3.39. The first kappa shape index (κ1) is 23.8. The molecule has 0 aromatic heterocycles. The highest BCUT2D eigenvalue weighted by atomic mass is 127. The van der Waals surface area contributed by atoms with Crippen molar-refractivity contribution in [1.82, 2.24) is 10.6 Å². The minimum atomic E-state index is -0.0187. The molecule has 1 atom stereocenters. The molecule has 1 fully saturated rings. The third kappa shape index (κ3) is 8.21. The quantitative estimate of drug-likeness (QED) is 0.155. The molecule has 0 bridgehead atoms. The van der Waals surface area contributed by atoms with Gasteiger partial charge >= 0.3 is 0 Å². The molecule has 1 unspecified atom stereocenters. The average Bonchev–Trinajstić information content (AvgIpc) is 3.07. The molecule has 0 amide bonds. The first-order chi connectivity index (χ1) is 12.2. The van der Waals surface area contributed by atoms with Crippen LogP contribution < -0.4 is 10.6 Å². The minimum Gasteiger partial charge on any atom is -0.396 e. The molecule has 0 saturated carbocycles. The Hall–Kier alpha value is -0.220. The highest BCUT2D eigenvalue weighted by Crippen LogP contribution is 2.32. The Labute approximate surface area is 182 Å². The van der Waals surface area contributed by atoms with Crippen molar-refractivity contribution in [3.05, 3.63) is 29.3 Å². The second kappa shape index (κ2) is 13.0. The molecule has 148 valence electrons. The molecule has 5 nitrogen and oxygen atoms in total. The molecule has 0 aliphatic carbocycles. The second-order valence-electron chi connectivity index (χ2n) is 6.20. The van der Waals surface area contributed by atoms with Gasteiger partial charge in [-0.1, -0.05) is 11.6 Å². The van der Waals surface area contributed by atoms with Crippen molar-refractivity contribution in [3.8, 4) is 0 Å². The van der Waals surface area contributed by atoms with E-state index in [4.69, 9.17) is 21.3 Å². The van der Waals surface area contributed by atoms with Crippen LogP contribution in [-0.4, -0.2) is 56.3 Å². The third-order valence-electron chi connectivity index (χ3n) is 4.22. The van der Waals surface area contributed by atoms with E-state index in [9.17, 15) is 5.11 Å². The third-order valence-corrected chi connectivity index (χ3v) is 5.49. The Kier molecular flexibility index (Phi) is 11.9. The SMILES string of the molecule is CCNC(=NCC1(CCO)CCOC1)NCCSc1ccc(Cl)cc1.I. The number of hydrogen-bond donors (Lipinski definition) is 3. The maximum atomic E-state index is 9.31. The van der Waals surface area contributed by atoms with Gasteiger partial charge in [0.15, 0.2) is 5.96 Å².